The summed E-state index contributed by atoms with van der Waals surface area (Å²) in [6.45, 7) is 8.23. The molecule has 0 saturated carbocycles. The number of hydrogen-bond donors (Lipinski definition) is 2. The lowest BCUT2D eigenvalue weighted by atomic mass is 10.0. The standard InChI is InChI=1S/C25H29N3O4/c1-16(2)13-28-14-19(24(30)26-17(3)4)23(29)20(15-28)25(31)27-22(21-11-8-12-32-21)18-9-6-5-7-10-18/h5-12,14-17,22H,13H2,1-4H3,(H,26,30)(H,27,31). The highest BCUT2D eigenvalue weighted by Crippen LogP contribution is 2.22. The maximum Gasteiger partial charge on any atom is 0.257 e. The quantitative estimate of drug-likeness (QED) is 0.563. The van der Waals surface area contributed by atoms with Crippen LogP contribution in [0.1, 0.15) is 65.8 Å². The van der Waals surface area contributed by atoms with E-state index in [1.807, 2.05) is 58.0 Å². The van der Waals surface area contributed by atoms with Crippen LogP contribution in [0.2, 0.25) is 0 Å². The van der Waals surface area contributed by atoms with Crippen LogP contribution in [-0.4, -0.2) is 22.4 Å². The molecule has 1 unspecified atom stereocenters. The van der Waals surface area contributed by atoms with E-state index in [9.17, 15) is 14.4 Å². The molecular formula is C25H29N3O4. The summed E-state index contributed by atoms with van der Waals surface area (Å²) < 4.78 is 7.26. The van der Waals surface area contributed by atoms with E-state index >= 15 is 0 Å². The van der Waals surface area contributed by atoms with Crippen LogP contribution in [0.3, 0.4) is 0 Å². The molecule has 3 aromatic rings. The van der Waals surface area contributed by atoms with Crippen LogP contribution in [0.25, 0.3) is 0 Å². The zero-order valence-corrected chi connectivity index (χ0v) is 18.8. The Morgan fingerprint density at radius 2 is 1.53 bits per heavy atom. The van der Waals surface area contributed by atoms with Crippen LogP contribution in [-0.2, 0) is 6.54 Å². The van der Waals surface area contributed by atoms with Gasteiger partial charge < -0.3 is 19.6 Å². The van der Waals surface area contributed by atoms with E-state index in [4.69, 9.17) is 4.42 Å². The third kappa shape index (κ3) is 5.55. The molecular weight excluding hydrogens is 406 g/mol. The maximum absolute atomic E-state index is 13.3. The molecule has 2 aromatic heterocycles. The van der Waals surface area contributed by atoms with Gasteiger partial charge in [0.2, 0.25) is 5.43 Å². The predicted molar refractivity (Wildman–Crippen MR) is 123 cm³/mol. The fourth-order valence-corrected chi connectivity index (χ4v) is 3.45. The summed E-state index contributed by atoms with van der Waals surface area (Å²) >= 11 is 0. The van der Waals surface area contributed by atoms with Gasteiger partial charge in [-0.15, -0.1) is 0 Å². The zero-order chi connectivity index (χ0) is 23.3. The number of benzene rings is 1. The van der Waals surface area contributed by atoms with Crippen molar-refractivity contribution >= 4 is 11.8 Å². The predicted octanol–water partition coefficient (Wildman–Crippen LogP) is 3.75. The number of nitrogens with one attached hydrogen (secondary N) is 2. The van der Waals surface area contributed by atoms with Crippen molar-refractivity contribution < 1.29 is 14.0 Å². The van der Waals surface area contributed by atoms with Gasteiger partial charge in [0.25, 0.3) is 11.8 Å². The first-order chi connectivity index (χ1) is 15.3. The Balaban J connectivity index is 2.01. The van der Waals surface area contributed by atoms with Crippen LogP contribution in [0.15, 0.2) is 70.3 Å². The van der Waals surface area contributed by atoms with Gasteiger partial charge in [0.05, 0.1) is 6.26 Å². The summed E-state index contributed by atoms with van der Waals surface area (Å²) in [6, 6.07) is 12.1. The number of furan rings is 1. The van der Waals surface area contributed by atoms with Gasteiger partial charge in [0.1, 0.15) is 22.9 Å². The van der Waals surface area contributed by atoms with Gasteiger partial charge in [-0.2, -0.15) is 0 Å². The zero-order valence-electron chi connectivity index (χ0n) is 18.8. The highest BCUT2D eigenvalue weighted by molar-refractivity contribution is 5.99. The summed E-state index contributed by atoms with van der Waals surface area (Å²) in [5.74, 6) is -0.268. The van der Waals surface area contributed by atoms with Crippen LogP contribution in [0, 0.1) is 5.92 Å². The third-order valence-electron chi connectivity index (χ3n) is 4.80. The fourth-order valence-electron chi connectivity index (χ4n) is 3.45. The average molecular weight is 436 g/mol. The summed E-state index contributed by atoms with van der Waals surface area (Å²) in [5, 5.41) is 5.64. The molecule has 7 heteroatoms. The van der Waals surface area contributed by atoms with Gasteiger partial charge in [0.15, 0.2) is 0 Å². The number of rotatable bonds is 8. The lowest BCUT2D eigenvalue weighted by Crippen LogP contribution is -2.38. The second-order valence-electron chi connectivity index (χ2n) is 8.47. The van der Waals surface area contributed by atoms with Crippen LogP contribution in [0.5, 0.6) is 0 Å². The number of aromatic nitrogens is 1. The molecule has 0 aliphatic rings. The highest BCUT2D eigenvalue weighted by Gasteiger charge is 2.24. The lowest BCUT2D eigenvalue weighted by Gasteiger charge is -2.19. The topological polar surface area (TPSA) is 93.3 Å². The van der Waals surface area contributed by atoms with Crippen LogP contribution < -0.4 is 16.1 Å². The average Bonchev–Trinajstić information content (AvgIpc) is 3.27. The fraction of sp³-hybridized carbons (Fsp3) is 0.320. The Morgan fingerprint density at radius 3 is 2.06 bits per heavy atom. The van der Waals surface area contributed by atoms with E-state index in [2.05, 4.69) is 10.6 Å². The van der Waals surface area contributed by atoms with Gasteiger partial charge in [-0.25, -0.2) is 0 Å². The molecule has 32 heavy (non-hydrogen) atoms. The van der Waals surface area contributed by atoms with Crippen molar-refractivity contribution in [2.75, 3.05) is 0 Å². The van der Waals surface area contributed by atoms with Crippen molar-refractivity contribution in [2.45, 2.75) is 46.3 Å². The Morgan fingerprint density at radius 1 is 0.906 bits per heavy atom. The minimum absolute atomic E-state index is 0.0544. The van der Waals surface area contributed by atoms with Crippen molar-refractivity contribution in [3.05, 3.63) is 93.8 Å². The van der Waals surface area contributed by atoms with E-state index in [-0.39, 0.29) is 23.1 Å². The van der Waals surface area contributed by atoms with Crippen molar-refractivity contribution in [1.82, 2.24) is 15.2 Å². The van der Waals surface area contributed by atoms with E-state index < -0.39 is 23.3 Å². The summed E-state index contributed by atoms with van der Waals surface area (Å²) in [5.41, 5.74) is 0.0646. The largest absolute Gasteiger partial charge is 0.467 e. The normalized spacial score (nSPS) is 12.1. The second kappa shape index (κ2) is 10.1. The molecule has 0 bridgehead atoms. The van der Waals surface area contributed by atoms with Gasteiger partial charge >= 0.3 is 0 Å². The molecule has 168 valence electrons. The van der Waals surface area contributed by atoms with E-state index in [0.29, 0.717) is 12.3 Å². The smallest absolute Gasteiger partial charge is 0.257 e. The number of amides is 2. The monoisotopic (exact) mass is 435 g/mol. The Hall–Kier alpha value is -3.61. The Kier molecular flexibility index (Phi) is 7.30. The molecule has 2 amide bonds. The minimum atomic E-state index is -0.605. The molecule has 0 radical (unpaired) electrons. The molecule has 7 nitrogen and oxygen atoms in total. The first kappa shape index (κ1) is 23.1. The first-order valence-corrected chi connectivity index (χ1v) is 10.7. The molecule has 1 aromatic carbocycles. The molecule has 0 fully saturated rings. The van der Waals surface area contributed by atoms with Gasteiger partial charge in [-0.05, 0) is 37.5 Å². The van der Waals surface area contributed by atoms with E-state index in [1.165, 1.54) is 18.7 Å². The van der Waals surface area contributed by atoms with E-state index in [0.717, 1.165) is 5.56 Å². The number of pyridine rings is 1. The van der Waals surface area contributed by atoms with Crippen molar-refractivity contribution in [3.8, 4) is 0 Å². The second-order valence-corrected chi connectivity index (χ2v) is 8.47. The number of carbonyl (C=O) groups excluding carboxylic acids is 2. The van der Waals surface area contributed by atoms with E-state index in [1.54, 1.807) is 16.7 Å². The molecule has 2 N–H and O–H groups in total. The van der Waals surface area contributed by atoms with Gasteiger partial charge in [-0.3, -0.25) is 14.4 Å². The van der Waals surface area contributed by atoms with Crippen LogP contribution in [0.4, 0.5) is 0 Å². The third-order valence-corrected chi connectivity index (χ3v) is 4.80. The minimum Gasteiger partial charge on any atom is -0.467 e. The molecule has 0 aliphatic heterocycles. The van der Waals surface area contributed by atoms with Crippen molar-refractivity contribution in [1.29, 1.82) is 0 Å². The first-order valence-electron chi connectivity index (χ1n) is 10.7. The Bertz CT molecular complexity index is 1120. The van der Waals surface area contributed by atoms with Crippen LogP contribution >= 0.6 is 0 Å². The van der Waals surface area contributed by atoms with Gasteiger partial charge in [-0.1, -0.05) is 44.2 Å². The molecule has 2 heterocycles. The number of nitrogens with zero attached hydrogens (tertiary/aromatic N) is 1. The van der Waals surface area contributed by atoms with Crippen molar-refractivity contribution in [2.24, 2.45) is 5.92 Å². The molecule has 1 atom stereocenters. The van der Waals surface area contributed by atoms with Gasteiger partial charge in [0, 0.05) is 25.0 Å². The number of carbonyl (C=O) groups is 2. The van der Waals surface area contributed by atoms with Crippen molar-refractivity contribution in [3.63, 3.8) is 0 Å². The molecule has 0 aliphatic carbocycles. The highest BCUT2D eigenvalue weighted by atomic mass is 16.3. The summed E-state index contributed by atoms with van der Waals surface area (Å²) in [7, 11) is 0. The molecule has 0 spiro atoms. The summed E-state index contributed by atoms with van der Waals surface area (Å²) in [6.07, 6.45) is 4.55. The lowest BCUT2D eigenvalue weighted by molar-refractivity contribution is 0.0936. The summed E-state index contributed by atoms with van der Waals surface area (Å²) in [4.78, 5) is 39.0. The maximum atomic E-state index is 13.3. The molecule has 3 rings (SSSR count). The Labute approximate surface area is 187 Å². The number of hydrogen-bond acceptors (Lipinski definition) is 4. The molecule has 0 saturated heterocycles. The SMILES string of the molecule is CC(C)Cn1cc(C(=O)NC(C)C)c(=O)c(C(=O)NC(c2ccccc2)c2ccco2)c1.